The van der Waals surface area contributed by atoms with Gasteiger partial charge < -0.3 is 5.11 Å². The summed E-state index contributed by atoms with van der Waals surface area (Å²) in [6.45, 7) is 0. The van der Waals surface area contributed by atoms with Crippen LogP contribution in [0.15, 0.2) is 16.8 Å². The van der Waals surface area contributed by atoms with Crippen LogP contribution in [0.25, 0.3) is 0 Å². The Kier molecular flexibility index (Phi) is 1.49. The van der Waals surface area contributed by atoms with E-state index in [-0.39, 0.29) is 5.70 Å². The second kappa shape index (κ2) is 2.30. The van der Waals surface area contributed by atoms with Crippen molar-refractivity contribution in [1.82, 2.24) is 5.32 Å². The number of carbonyl (C=O) groups excluding carboxylic acids is 1. The number of urea groups is 1. The molecule has 0 aliphatic carbocycles. The Morgan fingerprint density at radius 1 is 1.60 bits per heavy atom. The van der Waals surface area contributed by atoms with Gasteiger partial charge in [-0.3, -0.25) is 0 Å². The van der Waals surface area contributed by atoms with E-state index < -0.39 is 12.0 Å². The monoisotopic (exact) mass is 139 g/mol. The molecule has 1 N–H and O–H groups in total. The van der Waals surface area contributed by atoms with Crippen molar-refractivity contribution in [3.05, 3.63) is 11.8 Å². The predicted molar refractivity (Wildman–Crippen MR) is 31.7 cm³/mol. The molecule has 51 valence electrons. The molecule has 0 fully saturated rings. The molecule has 0 saturated carbocycles. The number of rotatable bonds is 1. The lowest BCUT2D eigenvalue weighted by molar-refractivity contribution is -0.133. The highest BCUT2D eigenvalue weighted by atomic mass is 16.4. The molecule has 2 amide bonds. The molecule has 0 saturated heterocycles. The van der Waals surface area contributed by atoms with Crippen molar-refractivity contribution in [2.45, 2.75) is 0 Å². The van der Waals surface area contributed by atoms with E-state index in [1.54, 1.807) is 0 Å². The Hall–Kier alpha value is -1.65. The third-order valence-corrected chi connectivity index (χ3v) is 0.853. The van der Waals surface area contributed by atoms with E-state index in [1.165, 1.54) is 0 Å². The Balaban J connectivity index is 2.80. The number of allylic oxidation sites excluding steroid dienone is 1. The first kappa shape index (κ1) is 6.47. The van der Waals surface area contributed by atoms with E-state index in [1.807, 2.05) is 0 Å². The van der Waals surface area contributed by atoms with Crippen molar-refractivity contribution in [2.75, 3.05) is 0 Å². The first-order valence-corrected chi connectivity index (χ1v) is 2.43. The number of aliphatic imine (C=N–C) groups is 1. The van der Waals surface area contributed by atoms with Gasteiger partial charge in [0.1, 0.15) is 0 Å². The quantitative estimate of drug-likeness (QED) is 0.544. The highest BCUT2D eigenvalue weighted by Gasteiger charge is 2.14. The Labute approximate surface area is 56.1 Å². The second-order valence-electron chi connectivity index (χ2n) is 1.53. The zero-order chi connectivity index (χ0) is 7.56. The molecule has 0 atom stereocenters. The van der Waals surface area contributed by atoms with E-state index >= 15 is 0 Å². The molecule has 10 heavy (non-hydrogen) atoms. The van der Waals surface area contributed by atoms with Crippen molar-refractivity contribution in [2.24, 2.45) is 4.99 Å². The topological polar surface area (TPSA) is 80.8 Å². The van der Waals surface area contributed by atoms with Gasteiger partial charge in [-0.05, 0) is 6.08 Å². The van der Waals surface area contributed by atoms with Gasteiger partial charge in [0.15, 0.2) is 5.70 Å². The third kappa shape index (κ3) is 1.19. The van der Waals surface area contributed by atoms with E-state index in [4.69, 9.17) is 5.11 Å². The minimum absolute atomic E-state index is 0.278. The number of carboxylic acids is 1. The van der Waals surface area contributed by atoms with Gasteiger partial charge in [0, 0.05) is 6.21 Å². The first-order valence-electron chi connectivity index (χ1n) is 2.43. The van der Waals surface area contributed by atoms with Gasteiger partial charge in [0.05, 0.1) is 0 Å². The summed E-state index contributed by atoms with van der Waals surface area (Å²) in [5, 5.41) is 11.4. The van der Waals surface area contributed by atoms with Crippen molar-refractivity contribution in [3.8, 4) is 0 Å². The van der Waals surface area contributed by atoms with Crippen LogP contribution in [0.3, 0.4) is 0 Å². The number of carbonyl (C=O) groups is 2. The molecule has 1 aliphatic rings. The summed E-state index contributed by atoms with van der Waals surface area (Å²) >= 11 is 0. The summed E-state index contributed by atoms with van der Waals surface area (Å²) in [4.78, 5) is 23.6. The number of nitrogens with zero attached hydrogens (tertiary/aromatic N) is 2. The fourth-order valence-corrected chi connectivity index (χ4v) is 0.460. The molecule has 1 rings (SSSR count). The van der Waals surface area contributed by atoms with Crippen LogP contribution in [0.5, 0.6) is 0 Å². The van der Waals surface area contributed by atoms with Crippen LogP contribution in [-0.4, -0.2) is 23.3 Å². The van der Waals surface area contributed by atoms with Crippen molar-refractivity contribution >= 4 is 18.2 Å². The number of amides is 2. The highest BCUT2D eigenvalue weighted by molar-refractivity contribution is 6.01. The van der Waals surface area contributed by atoms with Crippen LogP contribution in [0.4, 0.5) is 4.79 Å². The smallest absolute Gasteiger partial charge is 0.367 e. The summed E-state index contributed by atoms with van der Waals surface area (Å²) in [5.41, 5.74) is -0.278. The van der Waals surface area contributed by atoms with Gasteiger partial charge in [-0.2, -0.15) is 5.32 Å². The Morgan fingerprint density at radius 3 is 2.70 bits per heavy atom. The van der Waals surface area contributed by atoms with Crippen molar-refractivity contribution < 1.29 is 14.7 Å². The molecular formula is C5H3N2O3. The van der Waals surface area contributed by atoms with E-state index in [0.29, 0.717) is 0 Å². The minimum Gasteiger partial charge on any atom is -0.477 e. The van der Waals surface area contributed by atoms with Crippen molar-refractivity contribution in [3.63, 3.8) is 0 Å². The largest absolute Gasteiger partial charge is 0.477 e. The van der Waals surface area contributed by atoms with Gasteiger partial charge >= 0.3 is 12.0 Å². The lowest BCUT2D eigenvalue weighted by Gasteiger charge is -1.99. The molecule has 0 unspecified atom stereocenters. The Morgan fingerprint density at radius 2 is 2.30 bits per heavy atom. The lowest BCUT2D eigenvalue weighted by Crippen LogP contribution is -2.20. The van der Waals surface area contributed by atoms with Gasteiger partial charge in [-0.15, -0.1) is 0 Å². The highest BCUT2D eigenvalue weighted by Crippen LogP contribution is 1.96. The summed E-state index contributed by atoms with van der Waals surface area (Å²) in [6.07, 6.45) is 2.27. The van der Waals surface area contributed by atoms with Gasteiger partial charge in [0.25, 0.3) is 0 Å². The number of carboxylic acid groups (broad SMARTS) is 1. The van der Waals surface area contributed by atoms with E-state index in [2.05, 4.69) is 10.3 Å². The predicted octanol–water partition coefficient (Wildman–Crippen LogP) is -0.236. The fraction of sp³-hybridized carbons (Fsp3) is 0. The van der Waals surface area contributed by atoms with Crippen LogP contribution < -0.4 is 5.32 Å². The molecule has 5 nitrogen and oxygen atoms in total. The standard InChI is InChI=1S/C5H3N2O3/c8-4(9)3-1-2-6-5(10)7-3/h1-2H,(H,8,9). The molecule has 5 heteroatoms. The zero-order valence-corrected chi connectivity index (χ0v) is 4.81. The summed E-state index contributed by atoms with van der Waals surface area (Å²) in [6, 6.07) is -0.778. The van der Waals surface area contributed by atoms with E-state index in [9.17, 15) is 9.59 Å². The normalized spacial score (nSPS) is 16.0. The first-order chi connectivity index (χ1) is 4.70. The summed E-state index contributed by atoms with van der Waals surface area (Å²) in [7, 11) is 0. The summed E-state index contributed by atoms with van der Waals surface area (Å²) < 4.78 is 0. The molecule has 0 aromatic carbocycles. The molecule has 1 heterocycles. The number of aliphatic carboxylic acids is 1. The van der Waals surface area contributed by atoms with Crippen LogP contribution >= 0.6 is 0 Å². The van der Waals surface area contributed by atoms with E-state index in [0.717, 1.165) is 12.3 Å². The average Bonchev–Trinajstić information content (AvgIpc) is 1.88. The molecule has 0 aromatic heterocycles. The van der Waals surface area contributed by atoms with Gasteiger partial charge in [0.2, 0.25) is 0 Å². The van der Waals surface area contributed by atoms with Crippen LogP contribution in [0.2, 0.25) is 0 Å². The molecule has 1 aliphatic heterocycles. The maximum absolute atomic E-state index is 10.3. The zero-order valence-electron chi connectivity index (χ0n) is 4.81. The fourth-order valence-electron chi connectivity index (χ4n) is 0.460. The lowest BCUT2D eigenvalue weighted by atomic mass is 10.4. The van der Waals surface area contributed by atoms with Crippen LogP contribution in [0.1, 0.15) is 0 Å². The SMILES string of the molecule is O=C1[N]C(C(=O)O)=CC=N1. The minimum atomic E-state index is -1.22. The average molecular weight is 139 g/mol. The van der Waals surface area contributed by atoms with Crippen LogP contribution in [0, 0.1) is 0 Å². The van der Waals surface area contributed by atoms with Gasteiger partial charge in [-0.1, -0.05) is 0 Å². The van der Waals surface area contributed by atoms with Crippen LogP contribution in [-0.2, 0) is 4.79 Å². The number of hydrogen-bond donors (Lipinski definition) is 1. The maximum Gasteiger partial charge on any atom is 0.367 e. The molecule has 0 aromatic rings. The van der Waals surface area contributed by atoms with Crippen molar-refractivity contribution in [1.29, 1.82) is 0 Å². The molecular weight excluding hydrogens is 136 g/mol. The van der Waals surface area contributed by atoms with Gasteiger partial charge in [-0.25, -0.2) is 14.6 Å². The molecule has 1 radical (unpaired) electrons. The Bertz CT molecular complexity index is 241. The second-order valence-corrected chi connectivity index (χ2v) is 1.53. The molecule has 0 bridgehead atoms. The third-order valence-electron chi connectivity index (χ3n) is 0.853. The molecule has 0 spiro atoms. The summed E-state index contributed by atoms with van der Waals surface area (Å²) in [5.74, 6) is -1.22. The number of hydrogen-bond acceptors (Lipinski definition) is 2. The maximum atomic E-state index is 10.3.